The average Bonchev–Trinajstić information content (AvgIpc) is 2.76. The van der Waals surface area contributed by atoms with Crippen LogP contribution in [0.4, 0.5) is 24.8 Å². The van der Waals surface area contributed by atoms with Crippen molar-refractivity contribution in [1.82, 2.24) is 9.97 Å². The number of hydrogen-bond donors (Lipinski definition) is 1. The van der Waals surface area contributed by atoms with Crippen molar-refractivity contribution in [3.05, 3.63) is 47.5 Å². The molecule has 30 heavy (non-hydrogen) atoms. The summed E-state index contributed by atoms with van der Waals surface area (Å²) in [5.74, 6) is -1.00. The number of anilines is 2. The number of rotatable bonds is 4. The van der Waals surface area contributed by atoms with E-state index in [2.05, 4.69) is 15.1 Å². The number of halogens is 3. The smallest absolute Gasteiger partial charge is 0.225 e. The molecule has 1 aromatic heterocycles. The predicted octanol–water partition coefficient (Wildman–Crippen LogP) is 4.18. The second-order valence-electron chi connectivity index (χ2n) is 7.82. The summed E-state index contributed by atoms with van der Waals surface area (Å²) in [5, 5.41) is 4.33. The van der Waals surface area contributed by atoms with Crippen LogP contribution in [-0.2, 0) is 4.84 Å². The summed E-state index contributed by atoms with van der Waals surface area (Å²) < 4.78 is 40.8. The molecule has 0 amide bonds. The lowest BCUT2D eigenvalue weighted by Gasteiger charge is -2.31. The fraction of sp³-hybridized carbons (Fsp3) is 0.476. The van der Waals surface area contributed by atoms with Crippen molar-refractivity contribution in [2.45, 2.75) is 50.5 Å². The average molecular weight is 419 g/mol. The highest BCUT2D eigenvalue weighted by molar-refractivity contribution is 5.84. The Hall–Kier alpha value is -2.84. The third kappa shape index (κ3) is 4.66. The van der Waals surface area contributed by atoms with Crippen LogP contribution in [0.5, 0.6) is 0 Å². The minimum Gasteiger partial charge on any atom is -0.396 e. The second kappa shape index (κ2) is 8.89. The topological polar surface area (TPSA) is 76.6 Å². The van der Waals surface area contributed by atoms with E-state index in [0.717, 1.165) is 37.0 Å². The molecule has 6 nitrogen and oxygen atoms in total. The van der Waals surface area contributed by atoms with E-state index in [0.29, 0.717) is 50.3 Å². The highest BCUT2D eigenvalue weighted by Gasteiger charge is 2.25. The maximum absolute atomic E-state index is 14.1. The van der Waals surface area contributed by atoms with Gasteiger partial charge < -0.3 is 15.5 Å². The van der Waals surface area contributed by atoms with Gasteiger partial charge in [-0.2, -0.15) is 0 Å². The van der Waals surface area contributed by atoms with Crippen LogP contribution in [0.3, 0.4) is 0 Å². The number of hydrogen-bond acceptors (Lipinski definition) is 6. The van der Waals surface area contributed by atoms with Gasteiger partial charge in [0, 0.05) is 32.0 Å². The summed E-state index contributed by atoms with van der Waals surface area (Å²) in [6.07, 6.45) is 6.67. The minimum atomic E-state index is -0.577. The van der Waals surface area contributed by atoms with Crippen molar-refractivity contribution in [2.75, 3.05) is 23.7 Å². The predicted molar refractivity (Wildman–Crippen MR) is 108 cm³/mol. The van der Waals surface area contributed by atoms with E-state index in [1.54, 1.807) is 0 Å². The maximum atomic E-state index is 14.1. The van der Waals surface area contributed by atoms with E-state index in [-0.39, 0.29) is 17.7 Å². The van der Waals surface area contributed by atoms with E-state index in [1.807, 2.05) is 4.90 Å². The maximum Gasteiger partial charge on any atom is 0.225 e. The van der Waals surface area contributed by atoms with Crippen molar-refractivity contribution in [1.29, 1.82) is 0 Å². The van der Waals surface area contributed by atoms with E-state index in [1.165, 1.54) is 6.07 Å². The first-order chi connectivity index (χ1) is 14.5. The third-order valence-electron chi connectivity index (χ3n) is 5.78. The molecule has 2 aliphatic rings. The summed E-state index contributed by atoms with van der Waals surface area (Å²) in [4.78, 5) is 15.8. The number of piperidine rings is 1. The molecule has 0 unspecified atom stereocenters. The number of nitrogens with two attached hydrogens (primary N) is 1. The molecule has 1 aliphatic carbocycles. The van der Waals surface area contributed by atoms with Crippen molar-refractivity contribution in [3.63, 3.8) is 0 Å². The summed E-state index contributed by atoms with van der Waals surface area (Å²) in [6, 6.07) is 2.27. The molecule has 9 heteroatoms. The molecule has 2 N–H and O–H groups in total. The van der Waals surface area contributed by atoms with E-state index >= 15 is 0 Å². The molecule has 2 heterocycles. The van der Waals surface area contributed by atoms with Crippen molar-refractivity contribution < 1.29 is 18.0 Å². The van der Waals surface area contributed by atoms with Crippen LogP contribution in [0.2, 0.25) is 0 Å². The number of benzene rings is 1. The lowest BCUT2D eigenvalue weighted by Crippen LogP contribution is -2.37. The molecule has 1 saturated heterocycles. The second-order valence-corrected chi connectivity index (χ2v) is 7.82. The van der Waals surface area contributed by atoms with Crippen molar-refractivity contribution in [3.8, 4) is 0 Å². The zero-order valence-electron chi connectivity index (χ0n) is 16.5. The zero-order chi connectivity index (χ0) is 21.1. The highest BCUT2D eigenvalue weighted by atomic mass is 19.1. The van der Waals surface area contributed by atoms with Crippen molar-refractivity contribution >= 4 is 17.3 Å². The molecule has 0 bridgehead atoms. The van der Waals surface area contributed by atoms with Crippen LogP contribution >= 0.6 is 0 Å². The molecule has 2 fully saturated rings. The monoisotopic (exact) mass is 419 g/mol. The molecular formula is C21H24F3N5O. The number of nitrogen functional groups attached to an aromatic ring is 1. The molecular weight excluding hydrogens is 395 g/mol. The van der Waals surface area contributed by atoms with Crippen LogP contribution in [0.1, 0.15) is 50.0 Å². The number of aromatic nitrogens is 2. The van der Waals surface area contributed by atoms with Gasteiger partial charge in [0.2, 0.25) is 5.95 Å². The lowest BCUT2D eigenvalue weighted by atomic mass is 9.83. The third-order valence-corrected chi connectivity index (χ3v) is 5.78. The van der Waals surface area contributed by atoms with Crippen LogP contribution in [0.25, 0.3) is 0 Å². The largest absolute Gasteiger partial charge is 0.396 e. The van der Waals surface area contributed by atoms with Gasteiger partial charge in [0.15, 0.2) is 5.82 Å². The molecule has 0 atom stereocenters. The molecule has 0 radical (unpaired) electrons. The number of nitrogens with zero attached hydrogens (tertiary/aromatic N) is 4. The Morgan fingerprint density at radius 3 is 2.30 bits per heavy atom. The Labute approximate surface area is 172 Å². The van der Waals surface area contributed by atoms with E-state index < -0.39 is 17.5 Å². The number of oxime groups is 1. The van der Waals surface area contributed by atoms with Crippen LogP contribution < -0.4 is 10.6 Å². The van der Waals surface area contributed by atoms with Crippen LogP contribution in [-0.4, -0.2) is 34.9 Å². The van der Waals surface area contributed by atoms with Gasteiger partial charge in [-0.25, -0.2) is 23.1 Å². The molecule has 4 rings (SSSR count). The minimum absolute atomic E-state index is 0.00978. The Kier molecular flexibility index (Phi) is 6.06. The zero-order valence-corrected chi connectivity index (χ0v) is 16.5. The Morgan fingerprint density at radius 1 is 0.967 bits per heavy atom. The molecule has 2 aromatic rings. The highest BCUT2D eigenvalue weighted by Crippen LogP contribution is 2.34. The van der Waals surface area contributed by atoms with Crippen LogP contribution in [0, 0.1) is 17.5 Å². The summed E-state index contributed by atoms with van der Waals surface area (Å²) in [7, 11) is 0. The normalized spacial score (nSPS) is 20.3. The molecule has 1 aliphatic heterocycles. The molecule has 160 valence electrons. The Morgan fingerprint density at radius 2 is 1.63 bits per heavy atom. The van der Waals surface area contributed by atoms with Gasteiger partial charge in [0.1, 0.15) is 17.7 Å². The van der Waals surface area contributed by atoms with Gasteiger partial charge in [-0.15, -0.1) is 0 Å². The Bertz CT molecular complexity index is 904. The summed E-state index contributed by atoms with van der Waals surface area (Å²) in [6.45, 7) is 1.43. The fourth-order valence-corrected chi connectivity index (χ4v) is 4.02. The van der Waals surface area contributed by atoms with E-state index in [4.69, 9.17) is 10.6 Å². The van der Waals surface area contributed by atoms with Gasteiger partial charge in [0.25, 0.3) is 0 Å². The standard InChI is InChI=1S/C21H24F3N5O/c22-14-11-26-21(27-12-14)29-7-5-16(6-8-29)30-28-15-3-1-13(2-4-15)17-9-19(24)20(25)10-18(17)23/h9-13,16H,1-8,25H2. The van der Waals surface area contributed by atoms with Crippen LogP contribution in [0.15, 0.2) is 29.7 Å². The van der Waals surface area contributed by atoms with Crippen molar-refractivity contribution in [2.24, 2.45) is 5.16 Å². The molecule has 1 aromatic carbocycles. The molecule has 0 spiro atoms. The summed E-state index contributed by atoms with van der Waals surface area (Å²) in [5.41, 5.74) is 6.59. The van der Waals surface area contributed by atoms with Gasteiger partial charge in [-0.1, -0.05) is 5.16 Å². The molecule has 1 saturated carbocycles. The first kappa shape index (κ1) is 20.4. The van der Waals surface area contributed by atoms with E-state index in [9.17, 15) is 13.2 Å². The first-order valence-corrected chi connectivity index (χ1v) is 10.2. The quantitative estimate of drug-likeness (QED) is 0.594. The van der Waals surface area contributed by atoms with Gasteiger partial charge >= 0.3 is 0 Å². The first-order valence-electron chi connectivity index (χ1n) is 10.2. The fourth-order valence-electron chi connectivity index (χ4n) is 4.02. The summed E-state index contributed by atoms with van der Waals surface area (Å²) >= 11 is 0. The SMILES string of the molecule is Nc1cc(F)c(C2CCC(=NOC3CCN(c4ncc(F)cn4)CC3)CC2)cc1F. The van der Waals surface area contributed by atoms with Gasteiger partial charge in [-0.05, 0) is 43.2 Å². The Balaban J connectivity index is 1.26. The van der Waals surface area contributed by atoms with Gasteiger partial charge in [0.05, 0.1) is 23.8 Å². The lowest BCUT2D eigenvalue weighted by molar-refractivity contribution is 0.0406. The van der Waals surface area contributed by atoms with Gasteiger partial charge in [-0.3, -0.25) is 0 Å².